The number of hydrogen-bond donors (Lipinski definition) is 1. The van der Waals surface area contributed by atoms with E-state index in [1.54, 1.807) is 6.20 Å². The van der Waals surface area contributed by atoms with Crippen LogP contribution in [0.25, 0.3) is 28.2 Å². The summed E-state index contributed by atoms with van der Waals surface area (Å²) in [6, 6.07) is 19.6. The van der Waals surface area contributed by atoms with Crippen LogP contribution >= 0.6 is 0 Å². The molecule has 5 heteroatoms. The molecular weight excluding hydrogens is 540 g/mol. The van der Waals surface area contributed by atoms with Crippen LogP contribution in [0.5, 0.6) is 0 Å². The van der Waals surface area contributed by atoms with E-state index < -0.39 is 0 Å². The number of dihydropyridines is 1. The number of hydrogen-bond acceptors (Lipinski definition) is 4. The fourth-order valence-corrected chi connectivity index (χ4v) is 5.71. The highest BCUT2D eigenvalue weighted by Gasteiger charge is 2.29. The van der Waals surface area contributed by atoms with E-state index in [1.165, 1.54) is 34.2 Å². The summed E-state index contributed by atoms with van der Waals surface area (Å²) in [4.78, 5) is 14.4. The van der Waals surface area contributed by atoms with Crippen molar-refractivity contribution < 1.29 is 4.74 Å². The molecule has 1 N–H and O–H groups in total. The zero-order chi connectivity index (χ0) is 31.5. The highest BCUT2D eigenvalue weighted by Crippen LogP contribution is 2.48. The Hall–Kier alpha value is -3.96. The third kappa shape index (κ3) is 7.57. The third-order valence-corrected chi connectivity index (χ3v) is 8.48. The van der Waals surface area contributed by atoms with Gasteiger partial charge in [-0.05, 0) is 57.5 Å². The number of benzene rings is 2. The predicted octanol–water partition coefficient (Wildman–Crippen LogP) is 9.49. The van der Waals surface area contributed by atoms with E-state index >= 15 is 0 Å². The molecule has 1 fully saturated rings. The van der Waals surface area contributed by atoms with Crippen LogP contribution < -0.4 is 0 Å². The number of aromatic nitrogens is 2. The summed E-state index contributed by atoms with van der Waals surface area (Å²) < 4.78 is 5.45. The van der Waals surface area contributed by atoms with Gasteiger partial charge >= 0.3 is 0 Å². The average molecular weight is 591 g/mol. The number of amidine groups is 1. The molecule has 44 heavy (non-hydrogen) atoms. The van der Waals surface area contributed by atoms with Crippen molar-refractivity contribution in [3.05, 3.63) is 108 Å². The predicted molar refractivity (Wildman–Crippen MR) is 189 cm³/mol. The maximum absolute atomic E-state index is 5.45. The van der Waals surface area contributed by atoms with Gasteiger partial charge in [0.1, 0.15) is 11.5 Å². The third-order valence-electron chi connectivity index (χ3n) is 8.48. The molecule has 2 aliphatic heterocycles. The second kappa shape index (κ2) is 16.2. The molecule has 0 amide bonds. The summed E-state index contributed by atoms with van der Waals surface area (Å²) in [5.74, 6) is 2.83. The van der Waals surface area contributed by atoms with Gasteiger partial charge in [-0.15, -0.1) is 0 Å². The van der Waals surface area contributed by atoms with Gasteiger partial charge < -0.3 is 14.6 Å². The molecule has 2 aromatic carbocycles. The monoisotopic (exact) mass is 590 g/mol. The Bertz CT molecular complexity index is 1560. The van der Waals surface area contributed by atoms with Crippen molar-refractivity contribution in [2.75, 3.05) is 32.8 Å². The Kier molecular flexibility index (Phi) is 12.1. The fraction of sp³-hybridized carbons (Fsp3) is 0.385. The van der Waals surface area contributed by atoms with Crippen molar-refractivity contribution in [2.45, 2.75) is 59.8 Å². The minimum atomic E-state index is 0.355. The maximum Gasteiger partial charge on any atom is 0.137 e. The number of morpholine rings is 1. The highest BCUT2D eigenvalue weighted by atomic mass is 16.5. The van der Waals surface area contributed by atoms with Crippen LogP contribution in [0.2, 0.25) is 0 Å². The minimum absolute atomic E-state index is 0.355. The number of pyridine rings is 1. The molecule has 2 atom stereocenters. The normalized spacial score (nSPS) is 18.1. The molecule has 0 bridgehead atoms. The summed E-state index contributed by atoms with van der Waals surface area (Å²) in [5.41, 5.74) is 9.21. The van der Waals surface area contributed by atoms with E-state index in [1.807, 2.05) is 38.3 Å². The molecule has 4 aromatic rings. The van der Waals surface area contributed by atoms with Crippen LogP contribution in [0.15, 0.2) is 90.7 Å². The molecule has 1 aliphatic carbocycles. The summed E-state index contributed by atoms with van der Waals surface area (Å²) >= 11 is 0. The first kappa shape index (κ1) is 32.9. The van der Waals surface area contributed by atoms with Crippen molar-refractivity contribution in [1.29, 1.82) is 0 Å². The van der Waals surface area contributed by atoms with Crippen molar-refractivity contribution in [2.24, 2.45) is 10.9 Å². The first-order valence-corrected chi connectivity index (χ1v) is 16.3. The molecule has 232 valence electrons. The zero-order valence-corrected chi connectivity index (χ0v) is 27.5. The van der Waals surface area contributed by atoms with Crippen LogP contribution in [-0.2, 0) is 4.74 Å². The maximum atomic E-state index is 5.45. The van der Waals surface area contributed by atoms with Gasteiger partial charge in [-0.3, -0.25) is 4.99 Å². The standard InChI is InChI=1S/C23H24N2O.C9H8N2.C5H12.C2H6/c1-16-18-5-2-3-6-21(18)23-19(16)7-4-8-20(23)17-9-10-22(24-15-17)25-11-13-26-14-12-25;1-2-7-3-5-10-9-8(7)4-6-11-9;1-4-5(2)3;1-2/h2-10,16-17H,11-15H2,1H3;2-6H,1H2,(H,10,11);5H,4H2,1-3H3;1-2H3. The van der Waals surface area contributed by atoms with Crippen LogP contribution in [-0.4, -0.2) is 53.6 Å². The summed E-state index contributed by atoms with van der Waals surface area (Å²) in [6.07, 6.45) is 11.3. The van der Waals surface area contributed by atoms with Crippen molar-refractivity contribution in [3.8, 4) is 11.1 Å². The smallest absolute Gasteiger partial charge is 0.137 e. The topological polar surface area (TPSA) is 53.5 Å². The Morgan fingerprint density at radius 3 is 2.39 bits per heavy atom. The minimum Gasteiger partial charge on any atom is -0.378 e. The quantitative estimate of drug-likeness (QED) is 0.259. The second-order valence-electron chi connectivity index (χ2n) is 11.5. The van der Waals surface area contributed by atoms with Crippen LogP contribution in [0, 0.1) is 5.92 Å². The number of H-pyrrole nitrogens is 1. The summed E-state index contributed by atoms with van der Waals surface area (Å²) in [5, 5.41) is 1.13. The Balaban J connectivity index is 0.000000203. The van der Waals surface area contributed by atoms with Gasteiger partial charge in [0.05, 0.1) is 19.8 Å². The first-order valence-electron chi connectivity index (χ1n) is 16.3. The molecule has 1 saturated heterocycles. The van der Waals surface area contributed by atoms with E-state index in [4.69, 9.17) is 9.73 Å². The van der Waals surface area contributed by atoms with Gasteiger partial charge in [-0.2, -0.15) is 0 Å². The number of fused-ring (bicyclic) bond motifs is 4. The van der Waals surface area contributed by atoms with Crippen molar-refractivity contribution in [1.82, 2.24) is 14.9 Å². The number of nitrogens with zero attached hydrogens (tertiary/aromatic N) is 3. The van der Waals surface area contributed by atoms with Gasteiger partial charge in [0, 0.05) is 42.7 Å². The molecular formula is C39H50N4O. The highest BCUT2D eigenvalue weighted by molar-refractivity contribution is 5.94. The molecule has 0 spiro atoms. The number of ether oxygens (including phenoxy) is 1. The lowest BCUT2D eigenvalue weighted by molar-refractivity contribution is 0.0682. The van der Waals surface area contributed by atoms with E-state index in [-0.39, 0.29) is 0 Å². The molecule has 7 rings (SSSR count). The van der Waals surface area contributed by atoms with E-state index in [0.29, 0.717) is 11.8 Å². The van der Waals surface area contributed by atoms with Gasteiger partial charge in [0.15, 0.2) is 0 Å². The Labute approximate surface area is 264 Å². The summed E-state index contributed by atoms with van der Waals surface area (Å²) in [7, 11) is 0. The molecule has 4 heterocycles. The zero-order valence-electron chi connectivity index (χ0n) is 27.5. The van der Waals surface area contributed by atoms with Gasteiger partial charge in [-0.1, -0.05) is 109 Å². The largest absolute Gasteiger partial charge is 0.378 e. The number of rotatable bonds is 3. The summed E-state index contributed by atoms with van der Waals surface area (Å²) in [6.45, 7) is 21.0. The Morgan fingerprint density at radius 1 is 1.00 bits per heavy atom. The molecule has 2 aromatic heterocycles. The van der Waals surface area contributed by atoms with Crippen LogP contribution in [0.4, 0.5) is 0 Å². The van der Waals surface area contributed by atoms with Gasteiger partial charge in [-0.25, -0.2) is 4.98 Å². The molecule has 3 aliphatic rings. The number of aromatic amines is 1. The second-order valence-corrected chi connectivity index (χ2v) is 11.5. The number of nitrogens with one attached hydrogen (secondary N) is 1. The molecule has 0 saturated carbocycles. The lowest BCUT2D eigenvalue weighted by atomic mass is 9.88. The van der Waals surface area contributed by atoms with Crippen molar-refractivity contribution >= 4 is 22.9 Å². The first-order chi connectivity index (χ1) is 21.5. The Morgan fingerprint density at radius 2 is 1.70 bits per heavy atom. The lowest BCUT2D eigenvalue weighted by Crippen LogP contribution is -2.40. The molecule has 0 radical (unpaired) electrons. The van der Waals surface area contributed by atoms with E-state index in [2.05, 4.69) is 104 Å². The van der Waals surface area contributed by atoms with Crippen molar-refractivity contribution in [3.63, 3.8) is 0 Å². The van der Waals surface area contributed by atoms with Crippen LogP contribution in [0.1, 0.15) is 82.1 Å². The SMILES string of the molecule is C=Cc1ccnc2[nH]ccc12.CC.CC1c2ccccc2-c2c(C3C=CC(N4CCOCC4)=NC3)cccc21.CCC(C)C. The van der Waals surface area contributed by atoms with Crippen LogP contribution in [0.3, 0.4) is 0 Å². The molecule has 2 unspecified atom stereocenters. The van der Waals surface area contributed by atoms with E-state index in [9.17, 15) is 0 Å². The number of aliphatic imine (C=N–C) groups is 1. The fourth-order valence-electron chi connectivity index (χ4n) is 5.71. The average Bonchev–Trinajstić information content (AvgIpc) is 3.70. The van der Waals surface area contributed by atoms with Gasteiger partial charge in [0.2, 0.25) is 0 Å². The lowest BCUT2D eigenvalue weighted by Gasteiger charge is -2.30. The molecule has 5 nitrogen and oxygen atoms in total. The van der Waals surface area contributed by atoms with Gasteiger partial charge in [0.25, 0.3) is 0 Å². The van der Waals surface area contributed by atoms with E-state index in [0.717, 1.165) is 61.2 Å².